The maximum absolute atomic E-state index is 11.5. The van der Waals surface area contributed by atoms with Crippen LogP contribution in [0.25, 0.3) is 0 Å². The number of likely N-dealkylation sites (tertiary alicyclic amines) is 1. The molecule has 0 spiro atoms. The van der Waals surface area contributed by atoms with Crippen LogP contribution >= 0.6 is 0 Å². The van der Waals surface area contributed by atoms with Crippen LogP contribution in [0.1, 0.15) is 26.2 Å². The van der Waals surface area contributed by atoms with Crippen molar-refractivity contribution >= 4 is 5.97 Å². The number of hydrogen-bond donors (Lipinski definition) is 0. The maximum Gasteiger partial charge on any atom is 0.323 e. The molecule has 0 radical (unpaired) electrons. The lowest BCUT2D eigenvalue weighted by atomic mass is 10.0. The van der Waals surface area contributed by atoms with Gasteiger partial charge in [-0.15, -0.1) is 0 Å². The highest BCUT2D eigenvalue weighted by molar-refractivity contribution is 5.75. The Hall–Kier alpha value is -0.610. The third-order valence-electron chi connectivity index (χ3n) is 2.83. The molecule has 0 N–H and O–H groups in total. The number of nitrogens with zero attached hydrogens (tertiary/aromatic N) is 1. The van der Waals surface area contributed by atoms with Gasteiger partial charge in [-0.2, -0.15) is 0 Å². The Morgan fingerprint density at radius 2 is 2.14 bits per heavy atom. The van der Waals surface area contributed by atoms with Gasteiger partial charge in [0.15, 0.2) is 0 Å². The quantitative estimate of drug-likeness (QED) is 0.639. The second-order valence-corrected chi connectivity index (χ2v) is 3.61. The maximum atomic E-state index is 11.5. The molecule has 1 heterocycles. The fourth-order valence-electron chi connectivity index (χ4n) is 1.91. The molecular formula is C10H19NO3. The second-order valence-electron chi connectivity index (χ2n) is 3.61. The van der Waals surface area contributed by atoms with E-state index in [1.807, 2.05) is 6.92 Å². The Bertz CT molecular complexity index is 196. The smallest absolute Gasteiger partial charge is 0.323 e. The predicted octanol–water partition coefficient (Wildman–Crippen LogP) is 1.01. The van der Waals surface area contributed by atoms with Crippen molar-refractivity contribution in [3.8, 4) is 0 Å². The van der Waals surface area contributed by atoms with Crippen LogP contribution in [-0.2, 0) is 14.3 Å². The zero-order valence-corrected chi connectivity index (χ0v) is 9.16. The second kappa shape index (κ2) is 5.32. The van der Waals surface area contributed by atoms with E-state index in [-0.39, 0.29) is 18.2 Å². The van der Waals surface area contributed by atoms with E-state index in [4.69, 9.17) is 9.47 Å². The van der Waals surface area contributed by atoms with Crippen LogP contribution in [-0.4, -0.2) is 43.9 Å². The number of piperidine rings is 1. The van der Waals surface area contributed by atoms with Crippen molar-refractivity contribution in [2.24, 2.45) is 0 Å². The van der Waals surface area contributed by atoms with Crippen LogP contribution in [0.2, 0.25) is 0 Å². The average molecular weight is 201 g/mol. The largest absolute Gasteiger partial charge is 0.468 e. The zero-order valence-electron chi connectivity index (χ0n) is 9.16. The third-order valence-corrected chi connectivity index (χ3v) is 2.83. The van der Waals surface area contributed by atoms with Crippen molar-refractivity contribution in [2.75, 3.05) is 20.8 Å². The zero-order chi connectivity index (χ0) is 10.6. The van der Waals surface area contributed by atoms with E-state index in [2.05, 4.69) is 4.90 Å². The molecule has 0 bridgehead atoms. The number of carbonyl (C=O) groups excluding carboxylic acids is 1. The van der Waals surface area contributed by atoms with E-state index in [9.17, 15) is 4.79 Å². The van der Waals surface area contributed by atoms with Gasteiger partial charge in [0.25, 0.3) is 0 Å². The number of hydrogen-bond acceptors (Lipinski definition) is 4. The first kappa shape index (κ1) is 11.5. The molecule has 82 valence electrons. The highest BCUT2D eigenvalue weighted by atomic mass is 16.5. The molecule has 2 atom stereocenters. The van der Waals surface area contributed by atoms with Gasteiger partial charge in [0.2, 0.25) is 0 Å². The minimum Gasteiger partial charge on any atom is -0.468 e. The number of esters is 1. The van der Waals surface area contributed by atoms with E-state index in [1.165, 1.54) is 7.11 Å². The van der Waals surface area contributed by atoms with Gasteiger partial charge in [0.1, 0.15) is 12.3 Å². The highest BCUT2D eigenvalue weighted by Gasteiger charge is 2.32. The lowest BCUT2D eigenvalue weighted by Crippen LogP contribution is -2.50. The predicted molar refractivity (Wildman–Crippen MR) is 52.8 cm³/mol. The molecule has 0 aliphatic carbocycles. The van der Waals surface area contributed by atoms with E-state index in [1.54, 1.807) is 7.11 Å². The molecule has 0 saturated carbocycles. The Morgan fingerprint density at radius 3 is 2.71 bits per heavy atom. The first-order valence-electron chi connectivity index (χ1n) is 5.07. The summed E-state index contributed by atoms with van der Waals surface area (Å²) in [7, 11) is 3.10. The normalized spacial score (nSPS) is 25.8. The molecule has 1 aliphatic heterocycles. The third kappa shape index (κ3) is 2.45. The van der Waals surface area contributed by atoms with Gasteiger partial charge in [-0.05, 0) is 19.8 Å². The number of rotatable bonds is 3. The summed E-state index contributed by atoms with van der Waals surface area (Å²) in [5.74, 6) is -0.145. The molecule has 0 aromatic heterocycles. The number of ether oxygens (including phenoxy) is 2. The van der Waals surface area contributed by atoms with Gasteiger partial charge in [-0.25, -0.2) is 0 Å². The fourth-order valence-corrected chi connectivity index (χ4v) is 1.91. The van der Waals surface area contributed by atoms with Crippen molar-refractivity contribution in [3.05, 3.63) is 0 Å². The molecule has 1 rings (SSSR count). The van der Waals surface area contributed by atoms with E-state index in [0.29, 0.717) is 0 Å². The summed E-state index contributed by atoms with van der Waals surface area (Å²) in [4.78, 5) is 13.5. The monoisotopic (exact) mass is 201 g/mol. The van der Waals surface area contributed by atoms with Crippen molar-refractivity contribution in [3.63, 3.8) is 0 Å². The summed E-state index contributed by atoms with van der Waals surface area (Å²) in [6.07, 6.45) is 3.08. The van der Waals surface area contributed by atoms with Gasteiger partial charge in [0, 0.05) is 13.7 Å². The molecule has 1 fully saturated rings. The molecule has 4 heteroatoms. The summed E-state index contributed by atoms with van der Waals surface area (Å²) in [6, 6.07) is -0.122. The first-order chi connectivity index (χ1) is 6.70. The summed E-state index contributed by atoms with van der Waals surface area (Å²) in [5, 5.41) is 0. The number of methoxy groups -OCH3 is 2. The molecule has 1 unspecified atom stereocenters. The molecule has 1 saturated heterocycles. The summed E-state index contributed by atoms with van der Waals surface area (Å²) < 4.78 is 10.0. The van der Waals surface area contributed by atoms with Crippen LogP contribution in [0.3, 0.4) is 0 Å². The molecule has 0 aromatic rings. The summed E-state index contributed by atoms with van der Waals surface area (Å²) in [5.41, 5.74) is 0. The molecule has 1 aliphatic rings. The van der Waals surface area contributed by atoms with Crippen molar-refractivity contribution in [2.45, 2.75) is 38.5 Å². The molecular weight excluding hydrogens is 182 g/mol. The summed E-state index contributed by atoms with van der Waals surface area (Å²) in [6.45, 7) is 2.87. The van der Waals surface area contributed by atoms with Crippen LogP contribution < -0.4 is 0 Å². The lowest BCUT2D eigenvalue weighted by Gasteiger charge is -2.37. The van der Waals surface area contributed by atoms with Crippen LogP contribution in [0.5, 0.6) is 0 Å². The van der Waals surface area contributed by atoms with E-state index < -0.39 is 0 Å². The minimum atomic E-state index is -0.145. The Labute approximate surface area is 85.2 Å². The van der Waals surface area contributed by atoms with Crippen molar-refractivity contribution in [1.29, 1.82) is 0 Å². The lowest BCUT2D eigenvalue weighted by molar-refractivity contribution is -0.155. The standard InChI is InChI=1S/C10H19NO3/c1-8(13-2)11-7-5-4-6-9(11)10(12)14-3/h8-9H,4-7H2,1-3H3/t8?,9-/m0/s1. The van der Waals surface area contributed by atoms with Crippen LogP contribution in [0.4, 0.5) is 0 Å². The van der Waals surface area contributed by atoms with Crippen molar-refractivity contribution in [1.82, 2.24) is 4.90 Å². The average Bonchev–Trinajstić information content (AvgIpc) is 2.27. The number of carbonyl (C=O) groups is 1. The fraction of sp³-hybridized carbons (Fsp3) is 0.900. The van der Waals surface area contributed by atoms with Gasteiger partial charge in [0.05, 0.1) is 7.11 Å². The van der Waals surface area contributed by atoms with Gasteiger partial charge >= 0.3 is 5.97 Å². The van der Waals surface area contributed by atoms with E-state index >= 15 is 0 Å². The SMILES string of the molecule is COC(=O)[C@@H]1CCCCN1C(C)OC. The van der Waals surface area contributed by atoms with Crippen LogP contribution in [0, 0.1) is 0 Å². The minimum absolute atomic E-state index is 0.0144. The molecule has 0 aromatic carbocycles. The van der Waals surface area contributed by atoms with Gasteiger partial charge in [-0.1, -0.05) is 6.42 Å². The first-order valence-corrected chi connectivity index (χ1v) is 5.07. The Morgan fingerprint density at radius 1 is 1.43 bits per heavy atom. The molecule has 4 nitrogen and oxygen atoms in total. The van der Waals surface area contributed by atoms with Crippen molar-refractivity contribution < 1.29 is 14.3 Å². The van der Waals surface area contributed by atoms with E-state index in [0.717, 1.165) is 25.8 Å². The molecule has 14 heavy (non-hydrogen) atoms. The topological polar surface area (TPSA) is 38.8 Å². The van der Waals surface area contributed by atoms with Crippen LogP contribution in [0.15, 0.2) is 0 Å². The Balaban J connectivity index is 2.63. The summed E-state index contributed by atoms with van der Waals surface area (Å²) >= 11 is 0. The Kier molecular flexibility index (Phi) is 4.35. The van der Waals surface area contributed by atoms with Gasteiger partial charge in [-0.3, -0.25) is 9.69 Å². The van der Waals surface area contributed by atoms with Gasteiger partial charge < -0.3 is 9.47 Å². The molecule has 0 amide bonds. The highest BCUT2D eigenvalue weighted by Crippen LogP contribution is 2.20.